The zero-order valence-corrected chi connectivity index (χ0v) is 12.5. The standard InChI is InChI=1S/C8H12N4O2S4/c15-5-6(16)11-3-14-4-12-8(18)7(17)10-2-13-1-9-5/h1-4H2,(H,9,15)(H,10,17)(H,11,16)(H,12,18). The van der Waals surface area contributed by atoms with Crippen molar-refractivity contribution in [2.24, 2.45) is 0 Å². The molecule has 0 bridgehead atoms. The fraction of sp³-hybridized carbons (Fsp3) is 0.500. The molecule has 0 radical (unpaired) electrons. The van der Waals surface area contributed by atoms with E-state index in [9.17, 15) is 0 Å². The number of ether oxygens (including phenoxy) is 2. The first-order chi connectivity index (χ1) is 8.61. The van der Waals surface area contributed by atoms with Gasteiger partial charge in [0, 0.05) is 0 Å². The molecule has 0 aromatic carbocycles. The molecule has 100 valence electrons. The monoisotopic (exact) mass is 324 g/mol. The Morgan fingerprint density at radius 2 is 0.778 bits per heavy atom. The number of thiocarbonyl (C=S) groups is 4. The largest absolute Gasteiger partial charge is 0.351 e. The van der Waals surface area contributed by atoms with Crippen LogP contribution in [0.3, 0.4) is 0 Å². The summed E-state index contributed by atoms with van der Waals surface area (Å²) in [6.45, 7) is 0.878. The van der Waals surface area contributed by atoms with Gasteiger partial charge < -0.3 is 30.7 Å². The Balaban J connectivity index is 2.46. The molecule has 0 atom stereocenters. The third-order valence-electron chi connectivity index (χ3n) is 1.75. The molecule has 10 heteroatoms. The van der Waals surface area contributed by atoms with Crippen LogP contribution >= 0.6 is 48.9 Å². The molecule has 0 amide bonds. The van der Waals surface area contributed by atoms with Crippen LogP contribution in [-0.4, -0.2) is 46.9 Å². The first-order valence-electron chi connectivity index (χ1n) is 4.89. The van der Waals surface area contributed by atoms with E-state index in [1.807, 2.05) is 0 Å². The van der Waals surface area contributed by atoms with Gasteiger partial charge in [0.25, 0.3) is 0 Å². The predicted molar refractivity (Wildman–Crippen MR) is 84.6 cm³/mol. The summed E-state index contributed by atoms with van der Waals surface area (Å²) >= 11 is 20.1. The van der Waals surface area contributed by atoms with Gasteiger partial charge in [-0.1, -0.05) is 48.9 Å². The Labute approximate surface area is 126 Å². The van der Waals surface area contributed by atoms with Gasteiger partial charge in [-0.2, -0.15) is 0 Å². The average Bonchev–Trinajstić information content (AvgIpc) is 2.35. The highest BCUT2D eigenvalue weighted by molar-refractivity contribution is 7.89. The summed E-state index contributed by atoms with van der Waals surface area (Å²) < 4.78 is 10.4. The van der Waals surface area contributed by atoms with Crippen LogP contribution in [0.1, 0.15) is 0 Å². The Kier molecular flexibility index (Phi) is 7.39. The minimum atomic E-state index is 0.220. The molecule has 1 saturated heterocycles. The normalized spacial score (nSPS) is 20.0. The van der Waals surface area contributed by atoms with Crippen molar-refractivity contribution in [1.29, 1.82) is 0 Å². The van der Waals surface area contributed by atoms with Gasteiger partial charge in [0.1, 0.15) is 46.9 Å². The van der Waals surface area contributed by atoms with E-state index in [4.69, 9.17) is 58.3 Å². The smallest absolute Gasteiger partial charge is 0.135 e. The van der Waals surface area contributed by atoms with E-state index in [0.29, 0.717) is 20.0 Å². The summed E-state index contributed by atoms with van der Waals surface area (Å²) in [5.74, 6) is 0. The minimum Gasteiger partial charge on any atom is -0.351 e. The maximum absolute atomic E-state index is 5.21. The van der Waals surface area contributed by atoms with Crippen molar-refractivity contribution in [3.05, 3.63) is 0 Å². The Morgan fingerprint density at radius 1 is 0.556 bits per heavy atom. The molecule has 0 aromatic heterocycles. The highest BCUT2D eigenvalue weighted by Gasteiger charge is 2.06. The summed E-state index contributed by atoms with van der Waals surface area (Å²) in [6, 6.07) is 0. The second kappa shape index (κ2) is 8.56. The van der Waals surface area contributed by atoms with E-state index in [1.165, 1.54) is 0 Å². The molecule has 1 aliphatic heterocycles. The molecule has 0 unspecified atom stereocenters. The fourth-order valence-electron chi connectivity index (χ4n) is 0.889. The lowest BCUT2D eigenvalue weighted by Crippen LogP contribution is -2.43. The summed E-state index contributed by atoms with van der Waals surface area (Å²) in [4.78, 5) is 1.60. The molecule has 0 saturated carbocycles. The molecule has 1 rings (SSSR count). The first-order valence-corrected chi connectivity index (χ1v) is 6.52. The first kappa shape index (κ1) is 15.5. The zero-order chi connectivity index (χ0) is 13.4. The maximum Gasteiger partial charge on any atom is 0.135 e. The van der Waals surface area contributed by atoms with Crippen LogP contribution in [0, 0.1) is 0 Å². The molecule has 0 spiro atoms. The fourth-order valence-corrected chi connectivity index (χ4v) is 1.41. The minimum absolute atomic E-state index is 0.220. The molecule has 1 aliphatic rings. The molecule has 6 nitrogen and oxygen atoms in total. The van der Waals surface area contributed by atoms with Crippen LogP contribution in [-0.2, 0) is 9.47 Å². The van der Waals surface area contributed by atoms with Gasteiger partial charge in [-0.15, -0.1) is 0 Å². The van der Waals surface area contributed by atoms with E-state index in [1.54, 1.807) is 0 Å². The van der Waals surface area contributed by atoms with Crippen molar-refractivity contribution in [3.63, 3.8) is 0 Å². The van der Waals surface area contributed by atoms with Crippen LogP contribution in [0.4, 0.5) is 0 Å². The number of hydrogen-bond acceptors (Lipinski definition) is 6. The van der Waals surface area contributed by atoms with Crippen LogP contribution in [0.25, 0.3) is 0 Å². The van der Waals surface area contributed by atoms with E-state index < -0.39 is 0 Å². The summed E-state index contributed by atoms with van der Waals surface area (Å²) in [6.07, 6.45) is 0. The lowest BCUT2D eigenvalue weighted by atomic mass is 10.6. The van der Waals surface area contributed by atoms with Crippen LogP contribution < -0.4 is 21.3 Å². The van der Waals surface area contributed by atoms with E-state index in [0.717, 1.165) is 0 Å². The van der Waals surface area contributed by atoms with Gasteiger partial charge in [-0.3, -0.25) is 0 Å². The van der Waals surface area contributed by atoms with Crippen LogP contribution in [0.5, 0.6) is 0 Å². The van der Waals surface area contributed by atoms with Gasteiger partial charge in [0.2, 0.25) is 0 Å². The van der Waals surface area contributed by atoms with E-state index in [-0.39, 0.29) is 26.9 Å². The van der Waals surface area contributed by atoms with Crippen molar-refractivity contribution < 1.29 is 9.47 Å². The Morgan fingerprint density at radius 3 is 1.00 bits per heavy atom. The SMILES string of the molecule is S=C1NCOCNC(=S)C(=S)NCOCNC1=S. The van der Waals surface area contributed by atoms with E-state index >= 15 is 0 Å². The van der Waals surface area contributed by atoms with Crippen LogP contribution in [0.15, 0.2) is 0 Å². The molecule has 0 aromatic rings. The second-order valence-electron chi connectivity index (χ2n) is 3.01. The highest BCUT2D eigenvalue weighted by atomic mass is 32.1. The lowest BCUT2D eigenvalue weighted by Gasteiger charge is -2.15. The number of nitrogens with one attached hydrogen (secondary N) is 4. The molecule has 4 N–H and O–H groups in total. The molecule has 0 aliphatic carbocycles. The van der Waals surface area contributed by atoms with Crippen molar-refractivity contribution in [2.45, 2.75) is 0 Å². The van der Waals surface area contributed by atoms with Gasteiger partial charge in [0.05, 0.1) is 0 Å². The Hall–Kier alpha value is -0.520. The summed E-state index contributed by atoms with van der Waals surface area (Å²) in [7, 11) is 0. The van der Waals surface area contributed by atoms with Crippen molar-refractivity contribution in [2.75, 3.05) is 26.9 Å². The number of hydrogen-bond donors (Lipinski definition) is 4. The molecular formula is C8H12N4O2S4. The van der Waals surface area contributed by atoms with Gasteiger partial charge in [-0.05, 0) is 0 Å². The second-order valence-corrected chi connectivity index (χ2v) is 4.64. The lowest BCUT2D eigenvalue weighted by molar-refractivity contribution is 0.121. The maximum atomic E-state index is 5.21. The van der Waals surface area contributed by atoms with Crippen LogP contribution in [0.2, 0.25) is 0 Å². The molecule has 1 fully saturated rings. The number of rotatable bonds is 0. The third-order valence-corrected chi connectivity index (χ3v) is 3.40. The van der Waals surface area contributed by atoms with E-state index in [2.05, 4.69) is 21.3 Å². The zero-order valence-electron chi connectivity index (χ0n) is 9.28. The highest BCUT2D eigenvalue weighted by Crippen LogP contribution is 1.83. The van der Waals surface area contributed by atoms with Gasteiger partial charge >= 0.3 is 0 Å². The predicted octanol–water partition coefficient (Wildman–Crippen LogP) is -0.469. The topological polar surface area (TPSA) is 66.6 Å². The molecule has 18 heavy (non-hydrogen) atoms. The third kappa shape index (κ3) is 5.89. The van der Waals surface area contributed by atoms with Gasteiger partial charge in [-0.25, -0.2) is 0 Å². The molecule has 1 heterocycles. The molecular weight excluding hydrogens is 312 g/mol. The summed E-state index contributed by atoms with van der Waals surface area (Å²) in [5.41, 5.74) is 0. The van der Waals surface area contributed by atoms with Crippen molar-refractivity contribution in [1.82, 2.24) is 21.3 Å². The average molecular weight is 324 g/mol. The van der Waals surface area contributed by atoms with Gasteiger partial charge in [0.15, 0.2) is 0 Å². The Bertz CT molecular complexity index is 297. The quantitative estimate of drug-likeness (QED) is 0.440. The van der Waals surface area contributed by atoms with Crippen molar-refractivity contribution in [3.8, 4) is 0 Å². The van der Waals surface area contributed by atoms with Crippen molar-refractivity contribution >= 4 is 68.8 Å². The summed E-state index contributed by atoms with van der Waals surface area (Å²) in [5, 5.41) is 11.3.